The summed E-state index contributed by atoms with van der Waals surface area (Å²) in [5.41, 5.74) is 17.8. The number of fused-ring (bicyclic) bond motifs is 1. The van der Waals surface area contributed by atoms with Crippen molar-refractivity contribution in [3.63, 3.8) is 0 Å². The first-order valence-electron chi connectivity index (χ1n) is 11.1. The molecule has 0 aliphatic heterocycles. The molecule has 3 aromatic carbocycles. The van der Waals surface area contributed by atoms with Gasteiger partial charge in [0.15, 0.2) is 0 Å². The molecule has 0 bridgehead atoms. The number of hydrogen-bond donors (Lipinski definition) is 3. The topological polar surface area (TPSA) is 127 Å². The van der Waals surface area contributed by atoms with Gasteiger partial charge in [-0.3, -0.25) is 4.68 Å². The molecule has 5 rings (SSSR count). The molecule has 0 spiro atoms. The molecule has 0 radical (unpaired) electrons. The number of hydrogen-bond acceptors (Lipinski definition) is 8. The van der Waals surface area contributed by atoms with Crippen LogP contribution in [0.25, 0.3) is 10.9 Å². The van der Waals surface area contributed by atoms with E-state index in [4.69, 9.17) is 16.0 Å². The smallest absolute Gasteiger partial charge is 0.141 e. The van der Waals surface area contributed by atoms with Gasteiger partial charge in [-0.1, -0.05) is 24.3 Å². The molecule has 0 fully saturated rings. The van der Waals surface area contributed by atoms with E-state index in [2.05, 4.69) is 25.5 Å². The summed E-state index contributed by atoms with van der Waals surface area (Å²) in [5.74, 6) is 1.10. The summed E-state index contributed by atoms with van der Waals surface area (Å²) in [4.78, 5) is 8.51. The Bertz CT molecular complexity index is 1530. The fourth-order valence-corrected chi connectivity index (χ4v) is 4.11. The van der Waals surface area contributed by atoms with E-state index in [1.165, 1.54) is 18.5 Å². The van der Waals surface area contributed by atoms with Crippen LogP contribution in [0.15, 0.2) is 84.4 Å². The van der Waals surface area contributed by atoms with E-state index in [9.17, 15) is 4.39 Å². The fraction of sp³-hybridized carbons (Fsp3) is 0.115. The summed E-state index contributed by atoms with van der Waals surface area (Å²) < 4.78 is 20.6. The lowest BCUT2D eigenvalue weighted by Gasteiger charge is -2.18. The van der Waals surface area contributed by atoms with Gasteiger partial charge in [0.25, 0.3) is 0 Å². The first-order chi connectivity index (χ1) is 17.6. The number of nitrogens with zero attached hydrogens (tertiary/aromatic N) is 5. The second kappa shape index (κ2) is 9.79. The SMILES string of the molecule is COc1ccc(C(N=N)c2c(N)ncnc2Nc2ccc3c(cnn3Cc3cccc(F)c3)c2)cc1. The zero-order valence-corrected chi connectivity index (χ0v) is 19.4. The van der Waals surface area contributed by atoms with Gasteiger partial charge >= 0.3 is 0 Å². The molecule has 1 unspecified atom stereocenters. The fourth-order valence-electron chi connectivity index (χ4n) is 4.11. The minimum Gasteiger partial charge on any atom is -0.497 e. The van der Waals surface area contributed by atoms with Crippen LogP contribution in [0.3, 0.4) is 0 Å². The third kappa shape index (κ3) is 4.56. The molecule has 10 heteroatoms. The summed E-state index contributed by atoms with van der Waals surface area (Å²) in [6.45, 7) is 0.454. The lowest BCUT2D eigenvalue weighted by Crippen LogP contribution is -2.09. The second-order valence-electron chi connectivity index (χ2n) is 8.16. The summed E-state index contributed by atoms with van der Waals surface area (Å²) >= 11 is 0. The predicted octanol–water partition coefficient (Wildman–Crippen LogP) is 5.47. The Kier molecular flexibility index (Phi) is 6.23. The van der Waals surface area contributed by atoms with E-state index < -0.39 is 6.04 Å². The highest BCUT2D eigenvalue weighted by Gasteiger charge is 2.22. The summed E-state index contributed by atoms with van der Waals surface area (Å²) in [6.07, 6.45) is 3.13. The quantitative estimate of drug-likeness (QED) is 0.252. The van der Waals surface area contributed by atoms with Crippen molar-refractivity contribution in [2.24, 2.45) is 5.11 Å². The third-order valence-electron chi connectivity index (χ3n) is 5.87. The first-order valence-corrected chi connectivity index (χ1v) is 11.1. The van der Waals surface area contributed by atoms with Crippen LogP contribution >= 0.6 is 0 Å². The Morgan fingerprint density at radius 3 is 2.69 bits per heavy atom. The van der Waals surface area contributed by atoms with Gasteiger partial charge in [0.05, 0.1) is 30.9 Å². The minimum absolute atomic E-state index is 0.230. The van der Waals surface area contributed by atoms with Gasteiger partial charge in [-0.2, -0.15) is 10.2 Å². The molecule has 4 N–H and O–H groups in total. The number of methoxy groups -OCH3 is 1. The zero-order chi connectivity index (χ0) is 25.1. The Labute approximate surface area is 206 Å². The normalized spacial score (nSPS) is 11.8. The number of aromatic nitrogens is 4. The first kappa shape index (κ1) is 22.9. The maximum Gasteiger partial charge on any atom is 0.141 e. The van der Waals surface area contributed by atoms with Crippen LogP contribution in [0.1, 0.15) is 22.7 Å². The van der Waals surface area contributed by atoms with Gasteiger partial charge in [0, 0.05) is 11.1 Å². The minimum atomic E-state index is -0.697. The third-order valence-corrected chi connectivity index (χ3v) is 5.87. The van der Waals surface area contributed by atoms with Crippen LogP contribution in [-0.4, -0.2) is 26.9 Å². The van der Waals surface area contributed by atoms with E-state index in [1.807, 2.05) is 41.1 Å². The summed E-state index contributed by atoms with van der Waals surface area (Å²) in [6, 6.07) is 18.8. The number of anilines is 3. The molecule has 0 saturated heterocycles. The maximum atomic E-state index is 13.6. The Morgan fingerprint density at radius 1 is 1.11 bits per heavy atom. The maximum absolute atomic E-state index is 13.6. The van der Waals surface area contributed by atoms with Crippen LogP contribution < -0.4 is 15.8 Å². The van der Waals surface area contributed by atoms with Crippen molar-refractivity contribution in [2.45, 2.75) is 12.6 Å². The van der Waals surface area contributed by atoms with E-state index in [0.717, 1.165) is 27.7 Å². The van der Waals surface area contributed by atoms with Gasteiger partial charge in [-0.15, -0.1) is 0 Å². The zero-order valence-electron chi connectivity index (χ0n) is 19.4. The van der Waals surface area contributed by atoms with Crippen molar-refractivity contribution in [3.8, 4) is 5.75 Å². The van der Waals surface area contributed by atoms with Crippen molar-refractivity contribution in [1.29, 1.82) is 5.53 Å². The molecule has 180 valence electrons. The van der Waals surface area contributed by atoms with Crippen LogP contribution in [0.2, 0.25) is 0 Å². The highest BCUT2D eigenvalue weighted by Crippen LogP contribution is 2.36. The van der Waals surface area contributed by atoms with Crippen molar-refractivity contribution >= 4 is 28.2 Å². The number of benzene rings is 3. The van der Waals surface area contributed by atoms with E-state index in [1.54, 1.807) is 31.5 Å². The predicted molar refractivity (Wildman–Crippen MR) is 135 cm³/mol. The van der Waals surface area contributed by atoms with Gasteiger partial charge < -0.3 is 15.8 Å². The Hall–Kier alpha value is -4.86. The largest absolute Gasteiger partial charge is 0.497 e. The van der Waals surface area contributed by atoms with E-state index in [-0.39, 0.29) is 11.6 Å². The highest BCUT2D eigenvalue weighted by molar-refractivity contribution is 5.84. The Balaban J connectivity index is 1.45. The van der Waals surface area contributed by atoms with Crippen LogP contribution in [0.4, 0.5) is 21.7 Å². The standard InChI is InChI=1S/C26H23FN8O/c1-36-21-8-5-17(6-9-21)24(34-29)23-25(28)30-15-31-26(23)33-20-7-10-22-18(12-20)13-32-35(22)14-16-3-2-4-19(27)11-16/h2-13,15,24,29H,14H2,1H3,(H3,28,30,31,33). The number of rotatable bonds is 8. The van der Waals surface area contributed by atoms with Crippen LogP contribution in [-0.2, 0) is 6.54 Å². The van der Waals surface area contributed by atoms with Gasteiger partial charge in [0.1, 0.15) is 35.6 Å². The molecule has 0 saturated carbocycles. The van der Waals surface area contributed by atoms with Crippen molar-refractivity contribution in [2.75, 3.05) is 18.2 Å². The molecular weight excluding hydrogens is 459 g/mol. The molecule has 1 atom stereocenters. The van der Waals surface area contributed by atoms with Crippen molar-refractivity contribution in [1.82, 2.24) is 19.7 Å². The molecule has 0 amide bonds. The number of nitrogen functional groups attached to an aromatic ring is 1. The van der Waals surface area contributed by atoms with Gasteiger partial charge in [-0.25, -0.2) is 19.9 Å². The second-order valence-corrected chi connectivity index (χ2v) is 8.16. The average molecular weight is 483 g/mol. The summed E-state index contributed by atoms with van der Waals surface area (Å²) in [7, 11) is 1.59. The van der Waals surface area contributed by atoms with Crippen molar-refractivity contribution in [3.05, 3.63) is 102 Å². The van der Waals surface area contributed by atoms with Crippen molar-refractivity contribution < 1.29 is 9.13 Å². The summed E-state index contributed by atoms with van der Waals surface area (Å²) in [5, 5.41) is 12.5. The number of nitrogens with one attached hydrogen (secondary N) is 2. The monoisotopic (exact) mass is 482 g/mol. The van der Waals surface area contributed by atoms with Crippen LogP contribution in [0.5, 0.6) is 5.75 Å². The van der Waals surface area contributed by atoms with Gasteiger partial charge in [-0.05, 0) is 53.6 Å². The Morgan fingerprint density at radius 2 is 1.94 bits per heavy atom. The lowest BCUT2D eigenvalue weighted by molar-refractivity contribution is 0.414. The average Bonchev–Trinajstić information content (AvgIpc) is 3.28. The number of halogens is 1. The molecule has 2 heterocycles. The molecule has 2 aromatic heterocycles. The number of ether oxygens (including phenoxy) is 1. The molecular formula is C26H23FN8O. The van der Waals surface area contributed by atoms with Crippen LogP contribution in [0, 0.1) is 11.3 Å². The number of nitrogens with two attached hydrogens (primary N) is 1. The van der Waals surface area contributed by atoms with Gasteiger partial charge in [0.2, 0.25) is 0 Å². The molecule has 36 heavy (non-hydrogen) atoms. The molecule has 5 aromatic rings. The van der Waals surface area contributed by atoms with E-state index >= 15 is 0 Å². The van der Waals surface area contributed by atoms with E-state index in [0.29, 0.717) is 23.7 Å². The lowest BCUT2D eigenvalue weighted by atomic mass is 10.00. The highest BCUT2D eigenvalue weighted by atomic mass is 19.1. The molecule has 0 aliphatic carbocycles. The molecule has 0 aliphatic rings. The molecule has 9 nitrogen and oxygen atoms in total.